The molecule has 0 aliphatic heterocycles. The molecule has 0 N–H and O–H groups in total. The number of ketones is 2. The largest absolute Gasteiger partial charge is 0.294 e. The molecule has 1 aromatic rings. The highest BCUT2D eigenvalue weighted by atomic mass is 16.1. The molecule has 2 nitrogen and oxygen atoms in total. The van der Waals surface area contributed by atoms with Gasteiger partial charge in [-0.15, -0.1) is 0 Å². The molecule has 0 aromatic heterocycles. The molecule has 0 amide bonds. The van der Waals surface area contributed by atoms with Gasteiger partial charge in [0.15, 0.2) is 11.6 Å². The summed E-state index contributed by atoms with van der Waals surface area (Å²) in [6.07, 6.45) is 0.659. The molecule has 1 aromatic carbocycles. The van der Waals surface area contributed by atoms with E-state index in [2.05, 4.69) is 0 Å². The summed E-state index contributed by atoms with van der Waals surface area (Å²) in [5.41, 5.74) is 1.19. The molecule has 0 saturated heterocycles. The molecule has 0 spiro atoms. The molecule has 2 unspecified atom stereocenters. The van der Waals surface area contributed by atoms with Crippen LogP contribution >= 0.6 is 0 Å². The zero-order chi connectivity index (χ0) is 13.0. The number of hydrogen-bond donors (Lipinski definition) is 0. The maximum absolute atomic E-state index is 12.0. The number of carbonyl (C=O) groups excluding carboxylic acids is 2. The maximum Gasteiger partial charge on any atom is 0.166 e. The minimum absolute atomic E-state index is 0.0485. The van der Waals surface area contributed by atoms with E-state index in [1.807, 2.05) is 39.8 Å². The van der Waals surface area contributed by atoms with Crippen LogP contribution in [0, 0.1) is 11.8 Å². The van der Waals surface area contributed by atoms with Crippen molar-refractivity contribution in [3.05, 3.63) is 35.4 Å². The van der Waals surface area contributed by atoms with Crippen LogP contribution in [0.5, 0.6) is 0 Å². The lowest BCUT2D eigenvalue weighted by Gasteiger charge is -2.08. The fourth-order valence-electron chi connectivity index (χ4n) is 2.19. The average Bonchev–Trinajstić information content (AvgIpc) is 2.45. The Labute approximate surface area is 103 Å². The van der Waals surface area contributed by atoms with Crippen LogP contribution < -0.4 is 0 Å². The van der Waals surface area contributed by atoms with Gasteiger partial charge in [-0.2, -0.15) is 0 Å². The summed E-state index contributed by atoms with van der Waals surface area (Å²) in [4.78, 5) is 24.0. The molecule has 0 radical (unpaired) electrons. The van der Waals surface area contributed by atoms with Gasteiger partial charge < -0.3 is 0 Å². The standard InChI is InChI=1S/C13H14O2.C2H6/c1-8-7-9(2)13(15)11-6-4-3-5-10(11)12(8)14;1-2/h3-6,8-9H,7H2,1-2H3;1-2H3. The van der Waals surface area contributed by atoms with Crippen molar-refractivity contribution < 1.29 is 9.59 Å². The Morgan fingerprint density at radius 1 is 0.882 bits per heavy atom. The van der Waals surface area contributed by atoms with Gasteiger partial charge in [-0.05, 0) is 6.42 Å². The highest BCUT2D eigenvalue weighted by Gasteiger charge is 2.30. The Bertz CT molecular complexity index is 382. The van der Waals surface area contributed by atoms with Gasteiger partial charge in [-0.25, -0.2) is 0 Å². The van der Waals surface area contributed by atoms with Crippen LogP contribution in [0.25, 0.3) is 0 Å². The van der Waals surface area contributed by atoms with Crippen LogP contribution in [-0.4, -0.2) is 11.6 Å². The number of Topliss-reactive ketones (excluding diaryl/α,β-unsaturated/α-hetero) is 2. The van der Waals surface area contributed by atoms with E-state index in [9.17, 15) is 9.59 Å². The molecule has 2 rings (SSSR count). The average molecular weight is 232 g/mol. The molecule has 17 heavy (non-hydrogen) atoms. The quantitative estimate of drug-likeness (QED) is 0.638. The van der Waals surface area contributed by atoms with E-state index in [0.29, 0.717) is 17.5 Å². The summed E-state index contributed by atoms with van der Waals surface area (Å²) >= 11 is 0. The maximum atomic E-state index is 12.0. The van der Waals surface area contributed by atoms with E-state index < -0.39 is 0 Å². The first-order chi connectivity index (χ1) is 8.11. The third kappa shape index (κ3) is 2.63. The van der Waals surface area contributed by atoms with E-state index in [0.717, 1.165) is 0 Å². The predicted octanol–water partition coefficient (Wildman–Crippen LogP) is 3.75. The topological polar surface area (TPSA) is 34.1 Å². The highest BCUT2D eigenvalue weighted by Crippen LogP contribution is 2.27. The SMILES string of the molecule is CC.CC1CC(C)C(=O)c2ccccc2C1=O. The lowest BCUT2D eigenvalue weighted by Crippen LogP contribution is -2.12. The monoisotopic (exact) mass is 232 g/mol. The summed E-state index contributed by atoms with van der Waals surface area (Å²) in [7, 11) is 0. The minimum Gasteiger partial charge on any atom is -0.294 e. The van der Waals surface area contributed by atoms with Crippen LogP contribution in [0.4, 0.5) is 0 Å². The Hall–Kier alpha value is -1.44. The van der Waals surface area contributed by atoms with E-state index in [1.165, 1.54) is 0 Å². The van der Waals surface area contributed by atoms with Crippen LogP contribution in [0.3, 0.4) is 0 Å². The summed E-state index contributed by atoms with van der Waals surface area (Å²) in [6, 6.07) is 7.13. The molecule has 0 bridgehead atoms. The third-order valence-corrected chi connectivity index (χ3v) is 3.06. The Kier molecular flexibility index (Phi) is 4.62. The van der Waals surface area contributed by atoms with Crippen molar-refractivity contribution in [3.63, 3.8) is 0 Å². The van der Waals surface area contributed by atoms with Crippen molar-refractivity contribution in [2.45, 2.75) is 34.1 Å². The normalized spacial score (nSPS) is 23.3. The van der Waals surface area contributed by atoms with Gasteiger partial charge in [0.25, 0.3) is 0 Å². The first-order valence-corrected chi connectivity index (χ1v) is 6.28. The molecule has 0 heterocycles. The highest BCUT2D eigenvalue weighted by molar-refractivity contribution is 6.11. The number of hydrogen-bond acceptors (Lipinski definition) is 2. The summed E-state index contributed by atoms with van der Waals surface area (Å²) in [6.45, 7) is 7.79. The molecular formula is C15H20O2. The van der Waals surface area contributed by atoms with Gasteiger partial charge in [0.2, 0.25) is 0 Å². The molecule has 1 aliphatic rings. The summed E-state index contributed by atoms with van der Waals surface area (Å²) in [5.74, 6) is 0.104. The lowest BCUT2D eigenvalue weighted by atomic mass is 9.94. The van der Waals surface area contributed by atoms with Crippen molar-refractivity contribution in [1.82, 2.24) is 0 Å². The van der Waals surface area contributed by atoms with E-state index in [1.54, 1.807) is 12.1 Å². The fourth-order valence-corrected chi connectivity index (χ4v) is 2.19. The van der Waals surface area contributed by atoms with Gasteiger partial charge in [0.05, 0.1) is 0 Å². The second kappa shape index (κ2) is 5.76. The molecular weight excluding hydrogens is 212 g/mol. The lowest BCUT2D eigenvalue weighted by molar-refractivity contribution is 0.0895. The van der Waals surface area contributed by atoms with Gasteiger partial charge in [-0.1, -0.05) is 52.0 Å². The zero-order valence-electron chi connectivity index (χ0n) is 11.0. The Morgan fingerprint density at radius 2 is 1.24 bits per heavy atom. The number of carbonyl (C=O) groups is 2. The molecule has 2 heteroatoms. The van der Waals surface area contributed by atoms with E-state index >= 15 is 0 Å². The van der Waals surface area contributed by atoms with Crippen LogP contribution in [0.15, 0.2) is 24.3 Å². The molecule has 1 aliphatic carbocycles. The van der Waals surface area contributed by atoms with Crippen molar-refractivity contribution in [2.24, 2.45) is 11.8 Å². The second-order valence-electron chi connectivity index (χ2n) is 4.31. The van der Waals surface area contributed by atoms with Crippen molar-refractivity contribution in [2.75, 3.05) is 0 Å². The van der Waals surface area contributed by atoms with Crippen molar-refractivity contribution in [1.29, 1.82) is 0 Å². The molecule has 92 valence electrons. The van der Waals surface area contributed by atoms with Gasteiger partial charge in [0.1, 0.15) is 0 Å². The predicted molar refractivity (Wildman–Crippen MR) is 69.4 cm³/mol. The molecule has 0 fully saturated rings. The summed E-state index contributed by atoms with van der Waals surface area (Å²) < 4.78 is 0. The number of fused-ring (bicyclic) bond motifs is 1. The zero-order valence-corrected chi connectivity index (χ0v) is 11.0. The van der Waals surface area contributed by atoms with Gasteiger partial charge in [0, 0.05) is 23.0 Å². The Balaban J connectivity index is 0.000000686. The summed E-state index contributed by atoms with van der Waals surface area (Å²) in [5, 5.41) is 0. The molecule has 2 atom stereocenters. The first kappa shape index (κ1) is 13.6. The van der Waals surface area contributed by atoms with Gasteiger partial charge in [-0.3, -0.25) is 9.59 Å². The van der Waals surface area contributed by atoms with Crippen LogP contribution in [0.1, 0.15) is 54.8 Å². The van der Waals surface area contributed by atoms with E-state index in [-0.39, 0.29) is 23.4 Å². The smallest absolute Gasteiger partial charge is 0.166 e. The van der Waals surface area contributed by atoms with Gasteiger partial charge >= 0.3 is 0 Å². The van der Waals surface area contributed by atoms with E-state index in [4.69, 9.17) is 0 Å². The van der Waals surface area contributed by atoms with Crippen LogP contribution in [-0.2, 0) is 0 Å². The van der Waals surface area contributed by atoms with Crippen LogP contribution in [0.2, 0.25) is 0 Å². The third-order valence-electron chi connectivity index (χ3n) is 3.06. The first-order valence-electron chi connectivity index (χ1n) is 6.28. The minimum atomic E-state index is -0.0485. The number of rotatable bonds is 0. The Morgan fingerprint density at radius 3 is 1.59 bits per heavy atom. The molecule has 0 saturated carbocycles. The van der Waals surface area contributed by atoms with Crippen molar-refractivity contribution >= 4 is 11.6 Å². The second-order valence-corrected chi connectivity index (χ2v) is 4.31. The number of benzene rings is 1. The van der Waals surface area contributed by atoms with Crippen molar-refractivity contribution in [3.8, 4) is 0 Å². The fraction of sp³-hybridized carbons (Fsp3) is 0.467.